The molecule has 0 bridgehead atoms. The highest BCUT2D eigenvalue weighted by Gasteiger charge is 2.18. The number of nitrogens with zero attached hydrogens (tertiary/aromatic N) is 2. The van der Waals surface area contributed by atoms with Gasteiger partial charge in [-0.15, -0.1) is 22.7 Å². The minimum absolute atomic E-state index is 1.01. The van der Waals surface area contributed by atoms with E-state index in [0.29, 0.717) is 0 Å². The number of para-hydroxylation sites is 1. The van der Waals surface area contributed by atoms with Crippen LogP contribution in [0.25, 0.3) is 83.9 Å². The molecule has 0 saturated carbocycles. The number of hydrogen-bond donors (Lipinski definition) is 0. The SMILES string of the molecule is c1ccc2ncc(-c3ccc(N(c4ccc5c(c4)sc4ccc6ccccc6c45)c4ccc5c(c4)sc4ccc6ccccc6c45)cc3)cc2c1. The van der Waals surface area contributed by atoms with Crippen molar-refractivity contribution in [1.82, 2.24) is 4.98 Å². The van der Waals surface area contributed by atoms with Gasteiger partial charge in [0, 0.05) is 74.6 Å². The summed E-state index contributed by atoms with van der Waals surface area (Å²) in [7, 11) is 0. The topological polar surface area (TPSA) is 16.1 Å². The van der Waals surface area contributed by atoms with Gasteiger partial charge in [0.25, 0.3) is 0 Å². The molecule has 3 aromatic heterocycles. The predicted molar refractivity (Wildman–Crippen MR) is 223 cm³/mol. The largest absolute Gasteiger partial charge is 0.310 e. The van der Waals surface area contributed by atoms with Gasteiger partial charge in [0.05, 0.1) is 5.52 Å². The zero-order chi connectivity index (χ0) is 33.5. The summed E-state index contributed by atoms with van der Waals surface area (Å²) in [5, 5.41) is 11.6. The molecule has 0 aliphatic carbocycles. The van der Waals surface area contributed by atoms with Crippen LogP contribution in [-0.4, -0.2) is 4.98 Å². The van der Waals surface area contributed by atoms with Crippen molar-refractivity contribution >= 4 is 113 Å². The van der Waals surface area contributed by atoms with E-state index in [-0.39, 0.29) is 0 Å². The van der Waals surface area contributed by atoms with Gasteiger partial charge in [0.2, 0.25) is 0 Å². The van der Waals surface area contributed by atoms with Crippen LogP contribution in [0.4, 0.5) is 17.1 Å². The van der Waals surface area contributed by atoms with E-state index in [2.05, 4.69) is 163 Å². The third kappa shape index (κ3) is 4.58. The lowest BCUT2D eigenvalue weighted by Gasteiger charge is -2.26. The van der Waals surface area contributed by atoms with Crippen LogP contribution < -0.4 is 4.90 Å². The zero-order valence-electron chi connectivity index (χ0n) is 27.4. The molecule has 0 amide bonds. The van der Waals surface area contributed by atoms with Crippen LogP contribution in [0.1, 0.15) is 0 Å². The molecule has 0 radical (unpaired) electrons. The van der Waals surface area contributed by atoms with E-state index in [9.17, 15) is 0 Å². The van der Waals surface area contributed by atoms with Crippen molar-refractivity contribution < 1.29 is 0 Å². The van der Waals surface area contributed by atoms with Crippen LogP contribution in [0.15, 0.2) is 170 Å². The first kappa shape index (κ1) is 28.7. The Bertz CT molecular complexity index is 3000. The average Bonchev–Trinajstić information content (AvgIpc) is 3.76. The lowest BCUT2D eigenvalue weighted by atomic mass is 10.0. The van der Waals surface area contributed by atoms with Crippen LogP contribution in [0, 0.1) is 0 Å². The van der Waals surface area contributed by atoms with Crippen molar-refractivity contribution in [2.45, 2.75) is 0 Å². The summed E-state index contributed by atoms with van der Waals surface area (Å²) < 4.78 is 5.22. The Labute approximate surface area is 302 Å². The summed E-state index contributed by atoms with van der Waals surface area (Å²) in [5.41, 5.74) is 6.68. The lowest BCUT2D eigenvalue weighted by Crippen LogP contribution is -2.09. The highest BCUT2D eigenvalue weighted by Crippen LogP contribution is 2.45. The number of hydrogen-bond acceptors (Lipinski definition) is 4. The number of aromatic nitrogens is 1. The number of anilines is 3. The molecule has 8 aromatic carbocycles. The predicted octanol–water partition coefficient (Wildman–Crippen LogP) is 14.4. The van der Waals surface area contributed by atoms with Crippen LogP contribution >= 0.6 is 22.7 Å². The van der Waals surface area contributed by atoms with Gasteiger partial charge in [-0.1, -0.05) is 103 Å². The highest BCUT2D eigenvalue weighted by atomic mass is 32.1. The summed E-state index contributed by atoms with van der Waals surface area (Å²) >= 11 is 3.75. The lowest BCUT2D eigenvalue weighted by molar-refractivity contribution is 1.30. The molecule has 0 atom stereocenters. The Balaban J connectivity index is 1.09. The Morgan fingerprint density at radius 1 is 0.373 bits per heavy atom. The molecule has 11 aromatic rings. The molecule has 4 heteroatoms. The van der Waals surface area contributed by atoms with Crippen molar-refractivity contribution in [1.29, 1.82) is 0 Å². The van der Waals surface area contributed by atoms with Crippen molar-refractivity contribution in [2.75, 3.05) is 4.90 Å². The Kier molecular flexibility index (Phi) is 6.32. The minimum Gasteiger partial charge on any atom is -0.310 e. The first-order valence-corrected chi connectivity index (χ1v) is 18.8. The van der Waals surface area contributed by atoms with Gasteiger partial charge in [-0.3, -0.25) is 4.98 Å². The standard InChI is InChI=1S/C47H28N2S2/c1-4-10-37-30(7-1)15-23-42-46(37)39-21-19-35(26-44(39)50-42)49(34-17-13-29(14-18-34)33-25-32-9-3-6-12-41(32)48-28-33)36-20-22-40-45(27-36)51-43-24-16-31-8-2-5-11-38(31)47(40)43/h1-28H. The fourth-order valence-electron chi connectivity index (χ4n) is 7.83. The smallest absolute Gasteiger partial charge is 0.0702 e. The maximum atomic E-state index is 4.73. The fourth-order valence-corrected chi connectivity index (χ4v) is 10.1. The van der Waals surface area contributed by atoms with Crippen LogP contribution in [0.2, 0.25) is 0 Å². The third-order valence-electron chi connectivity index (χ3n) is 10.3. The molecule has 51 heavy (non-hydrogen) atoms. The molecule has 238 valence electrons. The third-order valence-corrected chi connectivity index (χ3v) is 12.5. The Morgan fingerprint density at radius 2 is 0.902 bits per heavy atom. The van der Waals surface area contributed by atoms with E-state index in [0.717, 1.165) is 39.1 Å². The van der Waals surface area contributed by atoms with E-state index >= 15 is 0 Å². The molecule has 11 rings (SSSR count). The summed E-state index contributed by atoms with van der Waals surface area (Å²) in [6, 6.07) is 59.9. The molecule has 0 spiro atoms. The van der Waals surface area contributed by atoms with E-state index in [4.69, 9.17) is 4.98 Å². The van der Waals surface area contributed by atoms with Crippen LogP contribution in [0.3, 0.4) is 0 Å². The van der Waals surface area contributed by atoms with Crippen molar-refractivity contribution in [2.24, 2.45) is 0 Å². The molecular formula is C47H28N2S2. The molecule has 0 aliphatic heterocycles. The van der Waals surface area contributed by atoms with Crippen molar-refractivity contribution in [3.63, 3.8) is 0 Å². The Hall–Kier alpha value is -6.07. The first-order chi connectivity index (χ1) is 25.2. The van der Waals surface area contributed by atoms with E-state index in [1.165, 1.54) is 61.9 Å². The second kappa shape index (κ2) is 11.2. The van der Waals surface area contributed by atoms with Gasteiger partial charge in [-0.25, -0.2) is 0 Å². The molecule has 0 aliphatic rings. The van der Waals surface area contributed by atoms with Gasteiger partial charge in [0.1, 0.15) is 0 Å². The molecule has 0 N–H and O–H groups in total. The molecule has 0 unspecified atom stereocenters. The van der Waals surface area contributed by atoms with Crippen LogP contribution in [-0.2, 0) is 0 Å². The molecule has 0 saturated heterocycles. The van der Waals surface area contributed by atoms with Gasteiger partial charge in [-0.05, 0) is 87.8 Å². The zero-order valence-corrected chi connectivity index (χ0v) is 29.0. The minimum atomic E-state index is 1.01. The highest BCUT2D eigenvalue weighted by molar-refractivity contribution is 7.26. The second-order valence-corrected chi connectivity index (χ2v) is 15.4. The summed E-state index contributed by atoms with van der Waals surface area (Å²) in [5.74, 6) is 0. The summed E-state index contributed by atoms with van der Waals surface area (Å²) in [6.45, 7) is 0. The molecule has 0 fully saturated rings. The van der Waals surface area contributed by atoms with E-state index < -0.39 is 0 Å². The Morgan fingerprint density at radius 3 is 1.51 bits per heavy atom. The molecule has 3 heterocycles. The van der Waals surface area contributed by atoms with Gasteiger partial charge in [0.15, 0.2) is 0 Å². The number of rotatable bonds is 4. The van der Waals surface area contributed by atoms with Gasteiger partial charge >= 0.3 is 0 Å². The quantitative estimate of drug-likeness (QED) is 0.183. The molecule has 2 nitrogen and oxygen atoms in total. The average molecular weight is 685 g/mol. The van der Waals surface area contributed by atoms with Crippen molar-refractivity contribution in [3.05, 3.63) is 170 Å². The maximum absolute atomic E-state index is 4.73. The number of pyridine rings is 1. The fraction of sp³-hybridized carbons (Fsp3) is 0. The summed E-state index contributed by atoms with van der Waals surface area (Å²) in [4.78, 5) is 7.14. The van der Waals surface area contributed by atoms with E-state index in [1.54, 1.807) is 0 Å². The van der Waals surface area contributed by atoms with E-state index in [1.807, 2.05) is 34.9 Å². The van der Waals surface area contributed by atoms with Crippen LogP contribution in [0.5, 0.6) is 0 Å². The second-order valence-electron chi connectivity index (χ2n) is 13.2. The van der Waals surface area contributed by atoms with Gasteiger partial charge < -0.3 is 4.90 Å². The monoisotopic (exact) mass is 684 g/mol. The summed E-state index contributed by atoms with van der Waals surface area (Å²) in [6.07, 6.45) is 1.98. The first-order valence-electron chi connectivity index (χ1n) is 17.2. The molecular weight excluding hydrogens is 657 g/mol. The number of thiophene rings is 2. The number of fused-ring (bicyclic) bond motifs is 11. The van der Waals surface area contributed by atoms with Crippen molar-refractivity contribution in [3.8, 4) is 11.1 Å². The normalized spacial score (nSPS) is 11.9. The maximum Gasteiger partial charge on any atom is 0.0702 e. The number of benzene rings is 8. The van der Waals surface area contributed by atoms with Gasteiger partial charge in [-0.2, -0.15) is 0 Å².